The number of amides is 1. The quantitative estimate of drug-likeness (QED) is 0.711. The van der Waals surface area contributed by atoms with Crippen molar-refractivity contribution in [2.24, 2.45) is 5.92 Å². The van der Waals surface area contributed by atoms with Crippen LogP contribution in [0.15, 0.2) is 4.79 Å². The molecular formula is C12H19N3O3. The summed E-state index contributed by atoms with van der Waals surface area (Å²) in [6, 6.07) is -0.231. The fourth-order valence-corrected chi connectivity index (χ4v) is 1.35. The number of nitrogens with zero attached hydrogens (tertiary/aromatic N) is 1. The highest BCUT2D eigenvalue weighted by atomic mass is 16.3. The number of aromatic nitrogens is 2. The lowest BCUT2D eigenvalue weighted by Gasteiger charge is -2.18. The zero-order valence-corrected chi connectivity index (χ0v) is 11.1. The first-order valence-electron chi connectivity index (χ1n) is 5.86. The number of hydrogen-bond acceptors (Lipinski definition) is 4. The van der Waals surface area contributed by atoms with E-state index in [-0.39, 0.29) is 24.3 Å². The van der Waals surface area contributed by atoms with Gasteiger partial charge in [0.05, 0.1) is 5.69 Å². The molecule has 0 aromatic carbocycles. The molecule has 1 aromatic rings. The minimum atomic E-state index is -0.521. The highest BCUT2D eigenvalue weighted by molar-refractivity contribution is 5.92. The molecule has 1 rings (SSSR count). The average Bonchev–Trinajstić information content (AvgIpc) is 2.32. The zero-order chi connectivity index (χ0) is 13.9. The van der Waals surface area contributed by atoms with Gasteiger partial charge in [-0.3, -0.25) is 9.59 Å². The summed E-state index contributed by atoms with van der Waals surface area (Å²) < 4.78 is 0. The van der Waals surface area contributed by atoms with Crippen LogP contribution in [-0.2, 0) is 0 Å². The van der Waals surface area contributed by atoms with E-state index >= 15 is 0 Å². The van der Waals surface area contributed by atoms with E-state index in [1.807, 2.05) is 6.92 Å². The Morgan fingerprint density at radius 3 is 2.61 bits per heavy atom. The van der Waals surface area contributed by atoms with Gasteiger partial charge >= 0.3 is 0 Å². The van der Waals surface area contributed by atoms with Crippen molar-refractivity contribution in [3.05, 3.63) is 27.4 Å². The van der Waals surface area contributed by atoms with Gasteiger partial charge in [0, 0.05) is 18.3 Å². The second-order valence-electron chi connectivity index (χ2n) is 4.55. The Morgan fingerprint density at radius 2 is 2.06 bits per heavy atom. The van der Waals surface area contributed by atoms with Crippen LogP contribution in [0.2, 0.25) is 0 Å². The van der Waals surface area contributed by atoms with E-state index in [9.17, 15) is 9.59 Å². The van der Waals surface area contributed by atoms with Gasteiger partial charge in [-0.2, -0.15) is 0 Å². The summed E-state index contributed by atoms with van der Waals surface area (Å²) in [4.78, 5) is 30.1. The van der Waals surface area contributed by atoms with Crippen LogP contribution in [0.25, 0.3) is 0 Å². The van der Waals surface area contributed by atoms with E-state index in [4.69, 9.17) is 5.11 Å². The van der Waals surface area contributed by atoms with Gasteiger partial charge in [-0.1, -0.05) is 6.92 Å². The van der Waals surface area contributed by atoms with Gasteiger partial charge in [0.1, 0.15) is 0 Å². The van der Waals surface area contributed by atoms with Crippen LogP contribution in [0.5, 0.6) is 0 Å². The van der Waals surface area contributed by atoms with Crippen LogP contribution in [-0.4, -0.2) is 33.6 Å². The minimum Gasteiger partial charge on any atom is -0.396 e. The molecule has 0 spiro atoms. The van der Waals surface area contributed by atoms with E-state index in [2.05, 4.69) is 15.3 Å². The van der Waals surface area contributed by atoms with Gasteiger partial charge in [0.2, 0.25) is 0 Å². The molecule has 6 nitrogen and oxygen atoms in total. The van der Waals surface area contributed by atoms with Crippen molar-refractivity contribution in [3.63, 3.8) is 0 Å². The summed E-state index contributed by atoms with van der Waals surface area (Å²) in [5.74, 6) is -0.605. The minimum absolute atomic E-state index is 0.0296. The third-order valence-corrected chi connectivity index (χ3v) is 3.05. The standard InChI is InChI=1S/C12H19N3O3/c1-6(5-16)7(2)14-11(17)10-12(18)15-9(4)8(3)13-10/h6-7,16H,5H2,1-4H3,(H,14,17)(H,15,18). The normalized spacial score (nSPS) is 14.1. The van der Waals surface area contributed by atoms with E-state index < -0.39 is 11.5 Å². The predicted molar refractivity (Wildman–Crippen MR) is 67.5 cm³/mol. The Morgan fingerprint density at radius 1 is 1.44 bits per heavy atom. The third kappa shape index (κ3) is 3.16. The highest BCUT2D eigenvalue weighted by Gasteiger charge is 2.19. The van der Waals surface area contributed by atoms with Gasteiger partial charge < -0.3 is 15.4 Å². The second kappa shape index (κ2) is 5.77. The Kier molecular flexibility index (Phi) is 4.61. The Bertz CT molecular complexity index is 496. The molecule has 100 valence electrons. The van der Waals surface area contributed by atoms with E-state index in [1.165, 1.54) is 0 Å². The summed E-state index contributed by atoms with van der Waals surface area (Å²) in [7, 11) is 0. The van der Waals surface area contributed by atoms with E-state index in [1.54, 1.807) is 20.8 Å². The number of carbonyl (C=O) groups is 1. The number of hydrogen-bond donors (Lipinski definition) is 3. The largest absolute Gasteiger partial charge is 0.396 e. The Balaban J connectivity index is 2.92. The molecule has 0 fully saturated rings. The molecule has 0 bridgehead atoms. The van der Waals surface area contributed by atoms with Gasteiger partial charge in [-0.05, 0) is 26.7 Å². The molecule has 0 saturated heterocycles. The van der Waals surface area contributed by atoms with Gasteiger partial charge in [-0.15, -0.1) is 0 Å². The average molecular weight is 253 g/mol. The number of carbonyl (C=O) groups excluding carboxylic acids is 1. The van der Waals surface area contributed by atoms with Gasteiger partial charge in [0.15, 0.2) is 5.69 Å². The summed E-state index contributed by atoms with van der Waals surface area (Å²) in [5, 5.41) is 11.6. The van der Waals surface area contributed by atoms with Crippen molar-refractivity contribution in [2.75, 3.05) is 6.61 Å². The number of H-pyrrole nitrogens is 1. The summed E-state index contributed by atoms with van der Waals surface area (Å²) >= 11 is 0. The molecule has 1 heterocycles. The maximum Gasteiger partial charge on any atom is 0.279 e. The monoisotopic (exact) mass is 253 g/mol. The first-order valence-corrected chi connectivity index (χ1v) is 5.86. The first-order chi connectivity index (χ1) is 8.36. The zero-order valence-electron chi connectivity index (χ0n) is 11.1. The summed E-state index contributed by atoms with van der Waals surface area (Å²) in [6.07, 6.45) is 0. The number of aliphatic hydroxyl groups is 1. The highest BCUT2D eigenvalue weighted by Crippen LogP contribution is 2.02. The molecule has 6 heteroatoms. The molecule has 18 heavy (non-hydrogen) atoms. The maximum atomic E-state index is 11.9. The SMILES string of the molecule is Cc1nc(C(=O)NC(C)C(C)CO)c(=O)[nH]c1C. The molecule has 1 aromatic heterocycles. The van der Waals surface area contributed by atoms with Crippen molar-refractivity contribution in [1.82, 2.24) is 15.3 Å². The van der Waals surface area contributed by atoms with Crippen LogP contribution >= 0.6 is 0 Å². The molecule has 0 radical (unpaired) electrons. The third-order valence-electron chi connectivity index (χ3n) is 3.05. The predicted octanol–water partition coefficient (Wildman–Crippen LogP) is 0.133. The van der Waals surface area contributed by atoms with Crippen LogP contribution in [0, 0.1) is 19.8 Å². The van der Waals surface area contributed by atoms with Crippen molar-refractivity contribution < 1.29 is 9.90 Å². The number of nitrogens with one attached hydrogen (secondary N) is 2. The van der Waals surface area contributed by atoms with Crippen molar-refractivity contribution in [1.29, 1.82) is 0 Å². The Hall–Kier alpha value is -1.69. The van der Waals surface area contributed by atoms with E-state index in [0.29, 0.717) is 11.4 Å². The Labute approximate surface area is 105 Å². The molecule has 3 N–H and O–H groups in total. The second-order valence-corrected chi connectivity index (χ2v) is 4.55. The number of rotatable bonds is 4. The van der Waals surface area contributed by atoms with Crippen molar-refractivity contribution >= 4 is 5.91 Å². The molecule has 0 aliphatic carbocycles. The fourth-order valence-electron chi connectivity index (χ4n) is 1.35. The molecule has 1 amide bonds. The molecule has 0 saturated carbocycles. The lowest BCUT2D eigenvalue weighted by atomic mass is 10.1. The number of aliphatic hydroxyl groups excluding tert-OH is 1. The maximum absolute atomic E-state index is 11.9. The molecule has 2 atom stereocenters. The van der Waals surface area contributed by atoms with Crippen LogP contribution in [0.4, 0.5) is 0 Å². The summed E-state index contributed by atoms with van der Waals surface area (Å²) in [5.41, 5.74) is 0.616. The molecular weight excluding hydrogens is 234 g/mol. The van der Waals surface area contributed by atoms with Crippen LogP contribution in [0.3, 0.4) is 0 Å². The van der Waals surface area contributed by atoms with Gasteiger partial charge in [-0.25, -0.2) is 4.98 Å². The molecule has 0 aliphatic rings. The lowest BCUT2D eigenvalue weighted by molar-refractivity contribution is 0.0909. The lowest BCUT2D eigenvalue weighted by Crippen LogP contribution is -2.41. The van der Waals surface area contributed by atoms with E-state index in [0.717, 1.165) is 0 Å². The molecule has 2 unspecified atom stereocenters. The first kappa shape index (κ1) is 14.4. The fraction of sp³-hybridized carbons (Fsp3) is 0.583. The van der Waals surface area contributed by atoms with Crippen LogP contribution in [0.1, 0.15) is 35.7 Å². The summed E-state index contributed by atoms with van der Waals surface area (Å²) in [6.45, 7) is 7.00. The molecule has 0 aliphatic heterocycles. The smallest absolute Gasteiger partial charge is 0.279 e. The van der Waals surface area contributed by atoms with Crippen LogP contribution < -0.4 is 10.9 Å². The number of aromatic amines is 1. The van der Waals surface area contributed by atoms with Crippen molar-refractivity contribution in [2.45, 2.75) is 33.7 Å². The van der Waals surface area contributed by atoms with Crippen molar-refractivity contribution in [3.8, 4) is 0 Å². The van der Waals surface area contributed by atoms with Gasteiger partial charge in [0.25, 0.3) is 11.5 Å². The topological polar surface area (TPSA) is 95.1 Å². The number of aryl methyl sites for hydroxylation is 2.